The van der Waals surface area contributed by atoms with Gasteiger partial charge in [-0.25, -0.2) is 22.8 Å². The van der Waals surface area contributed by atoms with Crippen LogP contribution in [0.5, 0.6) is 11.5 Å². The number of para-hydroxylation sites is 1. The van der Waals surface area contributed by atoms with E-state index in [2.05, 4.69) is 24.9 Å². The van der Waals surface area contributed by atoms with Gasteiger partial charge in [-0.3, -0.25) is 14.1 Å². The summed E-state index contributed by atoms with van der Waals surface area (Å²) < 4.78 is 67.7. The third-order valence-electron chi connectivity index (χ3n) is 6.84. The summed E-state index contributed by atoms with van der Waals surface area (Å²) in [5, 5.41) is 7.25. The summed E-state index contributed by atoms with van der Waals surface area (Å²) in [5.74, 6) is -0.317. The minimum absolute atomic E-state index is 0.0534. The Morgan fingerprint density at radius 3 is 2.40 bits per heavy atom. The molecule has 1 saturated heterocycles. The number of carbonyl (C=O) groups is 1. The van der Waals surface area contributed by atoms with Crippen molar-refractivity contribution in [1.29, 1.82) is 0 Å². The summed E-state index contributed by atoms with van der Waals surface area (Å²) in [5.41, 5.74) is 0.327. The third kappa shape index (κ3) is 6.09. The molecule has 1 N–H and O–H groups in total. The largest absolute Gasteiger partial charge is 0.494 e. The molecular weight excluding hydrogens is 585 g/mol. The number of nitrogens with one attached hydrogen (secondary N) is 1. The van der Waals surface area contributed by atoms with E-state index in [-0.39, 0.29) is 43.8 Å². The second kappa shape index (κ2) is 12.2. The van der Waals surface area contributed by atoms with Crippen molar-refractivity contribution in [3.05, 3.63) is 54.3 Å². The Hall–Kier alpha value is -4.73. The van der Waals surface area contributed by atoms with Crippen LogP contribution in [0, 0.1) is 18.7 Å². The van der Waals surface area contributed by atoms with Crippen molar-refractivity contribution >= 4 is 27.9 Å². The molecule has 0 amide bonds. The lowest BCUT2D eigenvalue weighted by Crippen LogP contribution is -2.50. The smallest absolute Gasteiger partial charge is 0.310 e. The van der Waals surface area contributed by atoms with Crippen molar-refractivity contribution in [2.24, 2.45) is 5.92 Å². The molecule has 3 aromatic heterocycles. The molecule has 43 heavy (non-hydrogen) atoms. The average molecular weight is 616 g/mol. The Bertz CT molecular complexity index is 1690. The number of piperidine rings is 1. The Kier molecular flexibility index (Phi) is 8.47. The van der Waals surface area contributed by atoms with Crippen LogP contribution in [0.3, 0.4) is 0 Å². The molecule has 2 atom stereocenters. The minimum atomic E-state index is -4.26. The Balaban J connectivity index is 1.57. The highest BCUT2D eigenvalue weighted by Gasteiger charge is 2.41. The average Bonchev–Trinajstić information content (AvgIpc) is 3.62. The number of esters is 1. The first-order chi connectivity index (χ1) is 20.6. The standard InChI is InChI=1S/C27H30FN7O7S/c1-5-41-25(36)17-11-19(15-34(14-17)26-29-12-18(28)13-30-26)43(37,38)33-27-32-31-24(22-10-9-16(2)42-22)35(27)23-20(39-3)7-6-8-21(23)40-4/h6-10,12-13,17,19H,5,11,14-15H2,1-4H3,(H,32,33)/t17-,19+/m0/s1. The number of hydrogen-bond donors (Lipinski definition) is 1. The molecule has 16 heteroatoms. The number of ether oxygens (including phenoxy) is 3. The van der Waals surface area contributed by atoms with Crippen molar-refractivity contribution < 1.29 is 36.2 Å². The zero-order chi connectivity index (χ0) is 30.7. The van der Waals surface area contributed by atoms with E-state index in [1.54, 1.807) is 44.2 Å². The zero-order valence-electron chi connectivity index (χ0n) is 23.9. The second-order valence-corrected chi connectivity index (χ2v) is 11.6. The normalized spacial score (nSPS) is 17.0. The summed E-state index contributed by atoms with van der Waals surface area (Å²) in [7, 11) is -1.33. The minimum Gasteiger partial charge on any atom is -0.494 e. The highest BCUT2D eigenvalue weighted by molar-refractivity contribution is 7.93. The highest BCUT2D eigenvalue weighted by atomic mass is 32.2. The van der Waals surface area contributed by atoms with Gasteiger partial charge in [-0.15, -0.1) is 10.2 Å². The van der Waals surface area contributed by atoms with E-state index in [0.717, 1.165) is 12.4 Å². The summed E-state index contributed by atoms with van der Waals surface area (Å²) in [4.78, 5) is 22.2. The summed E-state index contributed by atoms with van der Waals surface area (Å²) in [6, 6.07) is 8.50. The number of furan rings is 1. The number of methoxy groups -OCH3 is 2. The van der Waals surface area contributed by atoms with Crippen molar-refractivity contribution in [2.45, 2.75) is 25.5 Å². The van der Waals surface area contributed by atoms with Crippen LogP contribution >= 0.6 is 0 Å². The molecule has 1 aromatic carbocycles. The molecule has 4 aromatic rings. The van der Waals surface area contributed by atoms with Crippen LogP contribution in [0.15, 0.2) is 47.1 Å². The number of benzene rings is 1. The van der Waals surface area contributed by atoms with Crippen LogP contribution in [-0.4, -0.2) is 78.3 Å². The van der Waals surface area contributed by atoms with Crippen LogP contribution in [0.1, 0.15) is 19.1 Å². The van der Waals surface area contributed by atoms with Crippen molar-refractivity contribution in [1.82, 2.24) is 24.7 Å². The number of sulfonamides is 1. The fourth-order valence-corrected chi connectivity index (χ4v) is 6.29. The van der Waals surface area contributed by atoms with Crippen LogP contribution in [0.25, 0.3) is 17.3 Å². The van der Waals surface area contributed by atoms with E-state index in [9.17, 15) is 17.6 Å². The van der Waals surface area contributed by atoms with Gasteiger partial charge in [-0.1, -0.05) is 6.07 Å². The van der Waals surface area contributed by atoms with Crippen LogP contribution < -0.4 is 19.1 Å². The number of carbonyl (C=O) groups excluding carboxylic acids is 1. The SMILES string of the molecule is CCOC(=O)[C@H]1C[C@@H](S(=O)(=O)Nc2nnc(-c3ccc(C)o3)n2-c2c(OC)cccc2OC)CN(c2ncc(F)cn2)C1. The molecule has 0 saturated carbocycles. The van der Waals surface area contributed by atoms with E-state index in [0.29, 0.717) is 28.7 Å². The predicted octanol–water partition coefficient (Wildman–Crippen LogP) is 2.98. The first kappa shape index (κ1) is 29.8. The van der Waals surface area contributed by atoms with Crippen molar-refractivity contribution in [2.75, 3.05) is 43.5 Å². The van der Waals surface area contributed by atoms with Crippen LogP contribution in [-0.2, 0) is 19.6 Å². The maximum absolute atomic E-state index is 14.0. The quantitative estimate of drug-likeness (QED) is 0.260. The van der Waals surface area contributed by atoms with Gasteiger partial charge < -0.3 is 23.5 Å². The number of anilines is 2. The van der Waals surface area contributed by atoms with E-state index >= 15 is 0 Å². The first-order valence-corrected chi connectivity index (χ1v) is 14.8. The van der Waals surface area contributed by atoms with Crippen molar-refractivity contribution in [3.63, 3.8) is 0 Å². The van der Waals surface area contributed by atoms with Crippen LogP contribution in [0.2, 0.25) is 0 Å². The maximum Gasteiger partial charge on any atom is 0.310 e. The molecule has 0 spiro atoms. The Labute approximate surface area is 246 Å². The lowest BCUT2D eigenvalue weighted by atomic mass is 9.98. The summed E-state index contributed by atoms with van der Waals surface area (Å²) >= 11 is 0. The van der Waals surface area contributed by atoms with Gasteiger partial charge in [0.15, 0.2) is 11.6 Å². The Morgan fingerprint density at radius 2 is 1.79 bits per heavy atom. The lowest BCUT2D eigenvalue weighted by molar-refractivity contribution is -0.148. The van der Waals surface area contributed by atoms with Gasteiger partial charge in [-0.05, 0) is 44.5 Å². The van der Waals surface area contributed by atoms with Crippen molar-refractivity contribution in [3.8, 4) is 28.8 Å². The molecule has 0 bridgehead atoms. The number of nitrogens with zero attached hydrogens (tertiary/aromatic N) is 6. The molecule has 0 unspecified atom stereocenters. The van der Waals surface area contributed by atoms with E-state index < -0.39 is 33.0 Å². The van der Waals surface area contributed by atoms with Gasteiger partial charge in [0.25, 0.3) is 0 Å². The predicted molar refractivity (Wildman–Crippen MR) is 152 cm³/mol. The van der Waals surface area contributed by atoms with Crippen LogP contribution in [0.4, 0.5) is 16.3 Å². The molecule has 0 radical (unpaired) electrons. The third-order valence-corrected chi connectivity index (χ3v) is 8.53. The van der Waals surface area contributed by atoms with Gasteiger partial charge in [0, 0.05) is 13.1 Å². The lowest BCUT2D eigenvalue weighted by Gasteiger charge is -2.36. The molecule has 0 aliphatic carbocycles. The van der Waals surface area contributed by atoms with Gasteiger partial charge >= 0.3 is 5.97 Å². The van der Waals surface area contributed by atoms with Gasteiger partial charge in [0.1, 0.15) is 22.9 Å². The summed E-state index contributed by atoms with van der Waals surface area (Å²) in [6.45, 7) is 3.54. The number of aromatic nitrogens is 5. The molecule has 1 fully saturated rings. The molecule has 14 nitrogen and oxygen atoms in total. The topological polar surface area (TPSA) is 164 Å². The zero-order valence-corrected chi connectivity index (χ0v) is 24.7. The number of aryl methyl sites for hydroxylation is 1. The van der Waals surface area contributed by atoms with E-state index in [4.69, 9.17) is 18.6 Å². The second-order valence-electron chi connectivity index (χ2n) is 9.66. The molecule has 5 rings (SSSR count). The molecule has 1 aliphatic heterocycles. The maximum atomic E-state index is 14.0. The van der Waals surface area contributed by atoms with Gasteiger partial charge in [0.2, 0.25) is 27.7 Å². The highest BCUT2D eigenvalue weighted by Crippen LogP contribution is 2.38. The Morgan fingerprint density at radius 1 is 1.09 bits per heavy atom. The summed E-state index contributed by atoms with van der Waals surface area (Å²) in [6.07, 6.45) is 1.89. The van der Waals surface area contributed by atoms with Gasteiger partial charge in [-0.2, -0.15) is 0 Å². The number of halogens is 1. The molecule has 4 heterocycles. The fraction of sp³-hybridized carbons (Fsp3) is 0.370. The van der Waals surface area contributed by atoms with E-state index in [1.807, 2.05) is 0 Å². The molecule has 228 valence electrons. The number of rotatable bonds is 10. The van der Waals surface area contributed by atoms with Gasteiger partial charge in [0.05, 0.1) is 44.4 Å². The van der Waals surface area contributed by atoms with E-state index in [1.165, 1.54) is 23.7 Å². The fourth-order valence-electron chi connectivity index (χ4n) is 4.88. The molecule has 1 aliphatic rings. The molecular formula is C27H30FN7O7S. The number of hydrogen-bond acceptors (Lipinski definition) is 12. The first-order valence-electron chi connectivity index (χ1n) is 13.3. The monoisotopic (exact) mass is 615 g/mol.